The van der Waals surface area contributed by atoms with E-state index < -0.39 is 22.3 Å². The Morgan fingerprint density at radius 1 is 1.13 bits per heavy atom. The average Bonchev–Trinajstić information content (AvgIpc) is 2.53. The first-order chi connectivity index (χ1) is 10.8. The minimum atomic E-state index is -1.72. The van der Waals surface area contributed by atoms with Gasteiger partial charge in [0, 0.05) is 12.1 Å². The fourth-order valence-corrected chi connectivity index (χ4v) is 1.95. The number of ether oxygens (including phenoxy) is 2. The van der Waals surface area contributed by atoms with E-state index in [1.54, 1.807) is 13.8 Å². The van der Waals surface area contributed by atoms with Gasteiger partial charge in [-0.05, 0) is 44.0 Å². The highest BCUT2D eigenvalue weighted by atomic mass is 16.6. The van der Waals surface area contributed by atoms with E-state index in [1.807, 2.05) is 0 Å². The topological polar surface area (TPSA) is 95.7 Å². The first-order valence-electron chi connectivity index (χ1n) is 7.07. The molecule has 0 unspecified atom stereocenters. The molecule has 0 heterocycles. The van der Waals surface area contributed by atoms with Gasteiger partial charge in [0.2, 0.25) is 0 Å². The van der Waals surface area contributed by atoms with Crippen LogP contribution in [0.2, 0.25) is 0 Å². The Morgan fingerprint density at radius 3 is 1.91 bits per heavy atom. The van der Waals surface area contributed by atoms with Crippen LogP contribution in [0.5, 0.6) is 0 Å². The van der Waals surface area contributed by atoms with Gasteiger partial charge >= 0.3 is 11.9 Å². The van der Waals surface area contributed by atoms with E-state index in [4.69, 9.17) is 9.47 Å². The van der Waals surface area contributed by atoms with Crippen LogP contribution in [0.15, 0.2) is 30.8 Å². The SMILES string of the molecule is C=C(c1ccc([N+](=O)[O-])cc1)C(C)(C(=O)OCC)C(=O)OCC. The van der Waals surface area contributed by atoms with Gasteiger partial charge < -0.3 is 9.47 Å². The maximum absolute atomic E-state index is 12.3. The maximum Gasteiger partial charge on any atom is 0.327 e. The summed E-state index contributed by atoms with van der Waals surface area (Å²) in [6, 6.07) is 5.41. The lowest BCUT2D eigenvalue weighted by Gasteiger charge is -2.27. The van der Waals surface area contributed by atoms with E-state index in [2.05, 4.69) is 6.58 Å². The predicted molar refractivity (Wildman–Crippen MR) is 83.5 cm³/mol. The number of esters is 2. The van der Waals surface area contributed by atoms with Crippen LogP contribution in [0.3, 0.4) is 0 Å². The van der Waals surface area contributed by atoms with Crippen molar-refractivity contribution in [2.24, 2.45) is 5.41 Å². The Hall–Kier alpha value is -2.70. The molecule has 0 atom stereocenters. The Balaban J connectivity index is 3.25. The van der Waals surface area contributed by atoms with Crippen molar-refractivity contribution >= 4 is 23.2 Å². The van der Waals surface area contributed by atoms with E-state index in [0.29, 0.717) is 5.56 Å². The molecule has 0 aliphatic rings. The quantitative estimate of drug-likeness (QED) is 0.331. The van der Waals surface area contributed by atoms with Crippen LogP contribution in [-0.4, -0.2) is 30.1 Å². The minimum absolute atomic E-state index is 0.0986. The molecule has 124 valence electrons. The number of rotatable bonds is 7. The van der Waals surface area contributed by atoms with Gasteiger partial charge in [-0.1, -0.05) is 6.58 Å². The van der Waals surface area contributed by atoms with Crippen LogP contribution >= 0.6 is 0 Å². The third-order valence-electron chi connectivity index (χ3n) is 3.40. The third kappa shape index (κ3) is 3.74. The van der Waals surface area contributed by atoms with Crippen LogP contribution in [0, 0.1) is 15.5 Å². The smallest absolute Gasteiger partial charge is 0.327 e. The summed E-state index contributed by atoms with van der Waals surface area (Å²) in [6.45, 7) is 8.62. The fraction of sp³-hybridized carbons (Fsp3) is 0.375. The second kappa shape index (κ2) is 7.53. The number of nitro groups is 1. The van der Waals surface area contributed by atoms with E-state index in [9.17, 15) is 19.7 Å². The molecule has 0 fully saturated rings. The number of benzene rings is 1. The lowest BCUT2D eigenvalue weighted by atomic mass is 9.79. The Kier molecular flexibility index (Phi) is 6.01. The maximum atomic E-state index is 12.3. The van der Waals surface area contributed by atoms with E-state index in [0.717, 1.165) is 0 Å². The van der Waals surface area contributed by atoms with Crippen molar-refractivity contribution in [3.05, 3.63) is 46.5 Å². The van der Waals surface area contributed by atoms with Crippen LogP contribution in [-0.2, 0) is 19.1 Å². The summed E-state index contributed by atoms with van der Waals surface area (Å²) in [7, 11) is 0. The van der Waals surface area contributed by atoms with Gasteiger partial charge in [0.05, 0.1) is 18.1 Å². The first-order valence-corrected chi connectivity index (χ1v) is 7.07. The number of nitrogens with zero attached hydrogens (tertiary/aromatic N) is 1. The van der Waals surface area contributed by atoms with Gasteiger partial charge in [0.1, 0.15) is 0 Å². The summed E-state index contributed by atoms with van der Waals surface area (Å²) in [5.74, 6) is -1.55. The van der Waals surface area contributed by atoms with Gasteiger partial charge in [-0.15, -0.1) is 0 Å². The Labute approximate surface area is 134 Å². The molecule has 0 amide bonds. The molecule has 0 aliphatic carbocycles. The van der Waals surface area contributed by atoms with Crippen LogP contribution < -0.4 is 0 Å². The number of carbonyl (C=O) groups is 2. The molecular formula is C16H19NO6. The Bertz CT molecular complexity index is 602. The van der Waals surface area contributed by atoms with E-state index in [-0.39, 0.29) is 24.5 Å². The van der Waals surface area contributed by atoms with Crippen molar-refractivity contribution < 1.29 is 24.0 Å². The molecule has 0 N–H and O–H groups in total. The molecular weight excluding hydrogens is 302 g/mol. The van der Waals surface area contributed by atoms with Crippen LogP contribution in [0.1, 0.15) is 26.3 Å². The molecule has 0 saturated carbocycles. The van der Waals surface area contributed by atoms with Gasteiger partial charge in [-0.25, -0.2) is 0 Å². The molecule has 1 aromatic rings. The second-order valence-electron chi connectivity index (χ2n) is 4.85. The zero-order chi connectivity index (χ0) is 17.6. The van der Waals surface area contributed by atoms with E-state index >= 15 is 0 Å². The number of carbonyl (C=O) groups excluding carboxylic acids is 2. The summed E-state index contributed by atoms with van der Waals surface area (Å²) in [5.41, 5.74) is -1.25. The number of hydrogen-bond donors (Lipinski definition) is 0. The highest BCUT2D eigenvalue weighted by molar-refractivity contribution is 6.11. The summed E-state index contributed by atoms with van der Waals surface area (Å²) in [6.07, 6.45) is 0. The predicted octanol–water partition coefficient (Wildman–Crippen LogP) is 2.74. The first kappa shape index (κ1) is 18.3. The van der Waals surface area contributed by atoms with Crippen molar-refractivity contribution in [1.29, 1.82) is 0 Å². The molecule has 7 nitrogen and oxygen atoms in total. The second-order valence-corrected chi connectivity index (χ2v) is 4.85. The third-order valence-corrected chi connectivity index (χ3v) is 3.40. The summed E-state index contributed by atoms with van der Waals surface area (Å²) in [4.78, 5) is 34.7. The van der Waals surface area contributed by atoms with Gasteiger partial charge in [0.15, 0.2) is 5.41 Å². The van der Waals surface area contributed by atoms with Crippen molar-refractivity contribution in [2.75, 3.05) is 13.2 Å². The molecule has 1 rings (SSSR count). The highest BCUT2D eigenvalue weighted by Crippen LogP contribution is 2.37. The highest BCUT2D eigenvalue weighted by Gasteiger charge is 2.47. The fourth-order valence-electron chi connectivity index (χ4n) is 1.95. The van der Waals surface area contributed by atoms with Crippen molar-refractivity contribution in [3.8, 4) is 0 Å². The van der Waals surface area contributed by atoms with Crippen molar-refractivity contribution in [1.82, 2.24) is 0 Å². The van der Waals surface area contributed by atoms with E-state index in [1.165, 1.54) is 31.2 Å². The molecule has 0 aliphatic heterocycles. The van der Waals surface area contributed by atoms with Crippen LogP contribution in [0.4, 0.5) is 5.69 Å². The summed E-state index contributed by atoms with van der Waals surface area (Å²) >= 11 is 0. The van der Waals surface area contributed by atoms with Crippen molar-refractivity contribution in [2.45, 2.75) is 20.8 Å². The number of nitro benzene ring substituents is 1. The lowest BCUT2D eigenvalue weighted by Crippen LogP contribution is -2.40. The number of non-ortho nitro benzene ring substituents is 1. The standard InChI is InChI=1S/C16H19NO6/c1-5-22-14(18)16(4,15(19)23-6-2)11(3)12-7-9-13(10-8-12)17(20)21/h7-10H,3,5-6H2,1-2,4H3. The monoisotopic (exact) mass is 321 g/mol. The Morgan fingerprint density at radius 2 is 1.57 bits per heavy atom. The summed E-state index contributed by atoms with van der Waals surface area (Å²) < 4.78 is 9.94. The summed E-state index contributed by atoms with van der Waals surface area (Å²) in [5, 5.41) is 10.7. The molecule has 7 heteroatoms. The van der Waals surface area contributed by atoms with Gasteiger partial charge in [-0.2, -0.15) is 0 Å². The largest absolute Gasteiger partial charge is 0.465 e. The van der Waals surface area contributed by atoms with Gasteiger partial charge in [0.25, 0.3) is 5.69 Å². The molecule has 0 bridgehead atoms. The average molecular weight is 321 g/mol. The molecule has 0 spiro atoms. The molecule has 23 heavy (non-hydrogen) atoms. The lowest BCUT2D eigenvalue weighted by molar-refractivity contribution is -0.384. The molecule has 0 radical (unpaired) electrons. The van der Waals surface area contributed by atoms with Crippen molar-refractivity contribution in [3.63, 3.8) is 0 Å². The number of hydrogen-bond acceptors (Lipinski definition) is 6. The zero-order valence-corrected chi connectivity index (χ0v) is 13.3. The van der Waals surface area contributed by atoms with Gasteiger partial charge in [-0.3, -0.25) is 19.7 Å². The molecule has 0 saturated heterocycles. The normalized spacial score (nSPS) is 10.7. The minimum Gasteiger partial charge on any atom is -0.465 e. The molecule has 1 aromatic carbocycles. The molecule has 0 aromatic heterocycles. The van der Waals surface area contributed by atoms with Crippen LogP contribution in [0.25, 0.3) is 5.57 Å². The zero-order valence-electron chi connectivity index (χ0n) is 13.3.